The molecular weight excluding hydrogens is 344 g/mol. The topological polar surface area (TPSA) is 87.5 Å². The Labute approximate surface area is 156 Å². The molecular formula is C20H18N4O3. The van der Waals surface area contributed by atoms with Crippen LogP contribution in [0.1, 0.15) is 10.5 Å². The lowest BCUT2D eigenvalue weighted by Gasteiger charge is -2.30. The van der Waals surface area contributed by atoms with E-state index in [1.807, 2.05) is 53.4 Å². The third-order valence-corrected chi connectivity index (χ3v) is 4.33. The zero-order chi connectivity index (χ0) is 18.6. The van der Waals surface area contributed by atoms with Crippen LogP contribution < -0.4 is 15.5 Å². The fourth-order valence-electron chi connectivity index (χ4n) is 3.01. The monoisotopic (exact) mass is 362 g/mol. The first-order chi connectivity index (χ1) is 13.2. The molecule has 0 spiro atoms. The van der Waals surface area contributed by atoms with Crippen molar-refractivity contribution in [1.29, 1.82) is 0 Å². The Hall–Kier alpha value is -3.61. The molecule has 1 saturated heterocycles. The molecule has 1 aromatic heterocycles. The van der Waals surface area contributed by atoms with Crippen LogP contribution in [0, 0.1) is 0 Å². The van der Waals surface area contributed by atoms with Crippen molar-refractivity contribution in [2.75, 3.05) is 29.9 Å². The first kappa shape index (κ1) is 16.8. The van der Waals surface area contributed by atoms with Crippen molar-refractivity contribution in [2.45, 2.75) is 0 Å². The maximum atomic E-state index is 12.6. The predicted octanol–water partition coefficient (Wildman–Crippen LogP) is 2.53. The number of nitrogens with one attached hydrogen (secondary N) is 2. The Balaban J connectivity index is 1.54. The third kappa shape index (κ3) is 3.67. The highest BCUT2D eigenvalue weighted by molar-refractivity contribution is 6.05. The van der Waals surface area contributed by atoms with Gasteiger partial charge in [-0.1, -0.05) is 47.6 Å². The number of carbonyl (C=O) groups is 2. The van der Waals surface area contributed by atoms with E-state index in [0.29, 0.717) is 24.5 Å². The molecule has 0 atom stereocenters. The number of piperazine rings is 1. The van der Waals surface area contributed by atoms with Crippen LogP contribution in [0.25, 0.3) is 11.3 Å². The van der Waals surface area contributed by atoms with Crippen molar-refractivity contribution >= 4 is 23.2 Å². The highest BCUT2D eigenvalue weighted by Gasteiger charge is 2.21. The van der Waals surface area contributed by atoms with E-state index in [-0.39, 0.29) is 24.1 Å². The maximum Gasteiger partial charge on any atom is 0.277 e. The largest absolute Gasteiger partial charge is 0.359 e. The Morgan fingerprint density at radius 2 is 1.89 bits per heavy atom. The van der Waals surface area contributed by atoms with Crippen molar-refractivity contribution in [3.05, 3.63) is 66.4 Å². The molecule has 1 aliphatic heterocycles. The summed E-state index contributed by atoms with van der Waals surface area (Å²) in [6.07, 6.45) is 0. The van der Waals surface area contributed by atoms with Gasteiger partial charge in [-0.25, -0.2) is 0 Å². The number of rotatable bonds is 4. The minimum absolute atomic E-state index is 0.0358. The lowest BCUT2D eigenvalue weighted by molar-refractivity contribution is -0.120. The number of carbonyl (C=O) groups excluding carboxylic acids is 2. The van der Waals surface area contributed by atoms with Crippen LogP contribution in [0.15, 0.2) is 65.2 Å². The Kier molecular flexibility index (Phi) is 4.57. The van der Waals surface area contributed by atoms with E-state index in [0.717, 1.165) is 11.3 Å². The van der Waals surface area contributed by atoms with Crippen molar-refractivity contribution in [2.24, 2.45) is 0 Å². The average Bonchev–Trinajstić information content (AvgIpc) is 3.19. The number of aromatic nitrogens is 1. The number of benzene rings is 2. The molecule has 2 heterocycles. The second-order valence-corrected chi connectivity index (χ2v) is 6.19. The molecule has 0 unspecified atom stereocenters. The third-order valence-electron chi connectivity index (χ3n) is 4.33. The number of hydrogen-bond acceptors (Lipinski definition) is 5. The highest BCUT2D eigenvalue weighted by Crippen LogP contribution is 2.27. The van der Waals surface area contributed by atoms with Gasteiger partial charge in [-0.2, -0.15) is 0 Å². The van der Waals surface area contributed by atoms with Gasteiger partial charge in [0.05, 0.1) is 17.9 Å². The second-order valence-electron chi connectivity index (χ2n) is 6.19. The average molecular weight is 362 g/mol. The molecule has 1 fully saturated rings. The molecule has 0 aliphatic carbocycles. The van der Waals surface area contributed by atoms with E-state index in [4.69, 9.17) is 4.52 Å². The van der Waals surface area contributed by atoms with Crippen molar-refractivity contribution in [1.82, 2.24) is 10.5 Å². The molecule has 27 heavy (non-hydrogen) atoms. The summed E-state index contributed by atoms with van der Waals surface area (Å²) in [4.78, 5) is 26.2. The van der Waals surface area contributed by atoms with Crippen LogP contribution >= 0.6 is 0 Å². The molecule has 0 saturated carbocycles. The van der Waals surface area contributed by atoms with Gasteiger partial charge in [0.25, 0.3) is 5.91 Å². The van der Waals surface area contributed by atoms with Gasteiger partial charge < -0.3 is 20.1 Å². The predicted molar refractivity (Wildman–Crippen MR) is 102 cm³/mol. The summed E-state index contributed by atoms with van der Waals surface area (Å²) in [6, 6.07) is 18.5. The summed E-state index contributed by atoms with van der Waals surface area (Å²) in [5.74, 6) is 0.128. The van der Waals surface area contributed by atoms with Gasteiger partial charge in [0.2, 0.25) is 5.91 Å². The van der Waals surface area contributed by atoms with Gasteiger partial charge in [0.15, 0.2) is 11.5 Å². The fraction of sp³-hybridized carbons (Fsp3) is 0.150. The quantitative estimate of drug-likeness (QED) is 0.745. The van der Waals surface area contributed by atoms with Gasteiger partial charge in [0, 0.05) is 24.7 Å². The molecule has 0 radical (unpaired) electrons. The Morgan fingerprint density at radius 1 is 1.11 bits per heavy atom. The molecule has 2 aromatic carbocycles. The van der Waals surface area contributed by atoms with E-state index < -0.39 is 0 Å². The summed E-state index contributed by atoms with van der Waals surface area (Å²) in [5.41, 5.74) is 2.47. The molecule has 2 N–H and O–H groups in total. The molecule has 0 bridgehead atoms. The fourth-order valence-corrected chi connectivity index (χ4v) is 3.01. The number of amides is 2. The van der Waals surface area contributed by atoms with Crippen LogP contribution in [0.4, 0.5) is 11.4 Å². The molecule has 4 rings (SSSR count). The lowest BCUT2D eigenvalue weighted by atomic mass is 10.1. The first-order valence-corrected chi connectivity index (χ1v) is 8.65. The smallest absolute Gasteiger partial charge is 0.277 e. The van der Waals surface area contributed by atoms with Crippen LogP contribution in [-0.2, 0) is 4.79 Å². The molecule has 1 aliphatic rings. The highest BCUT2D eigenvalue weighted by atomic mass is 16.5. The summed E-state index contributed by atoms with van der Waals surface area (Å²) in [7, 11) is 0. The zero-order valence-corrected chi connectivity index (χ0v) is 14.5. The minimum atomic E-state index is -0.366. The van der Waals surface area contributed by atoms with Gasteiger partial charge >= 0.3 is 0 Å². The van der Waals surface area contributed by atoms with Gasteiger partial charge in [-0.15, -0.1) is 0 Å². The van der Waals surface area contributed by atoms with Crippen LogP contribution in [0.2, 0.25) is 0 Å². The number of para-hydroxylation sites is 2. The normalized spacial score (nSPS) is 13.9. The van der Waals surface area contributed by atoms with Crippen LogP contribution in [0.5, 0.6) is 0 Å². The first-order valence-electron chi connectivity index (χ1n) is 8.65. The zero-order valence-electron chi connectivity index (χ0n) is 14.5. The summed E-state index contributed by atoms with van der Waals surface area (Å²) < 4.78 is 5.30. The Bertz CT molecular complexity index is 968. The number of nitrogens with zero attached hydrogens (tertiary/aromatic N) is 2. The summed E-state index contributed by atoms with van der Waals surface area (Å²) >= 11 is 0. The van der Waals surface area contributed by atoms with Crippen LogP contribution in [0.3, 0.4) is 0 Å². The molecule has 7 heteroatoms. The lowest BCUT2D eigenvalue weighted by Crippen LogP contribution is -2.47. The minimum Gasteiger partial charge on any atom is -0.359 e. The second kappa shape index (κ2) is 7.33. The SMILES string of the molecule is O=C1CN(c2ccccc2NC(=O)c2cc(-c3ccccc3)on2)CCN1. The molecule has 136 valence electrons. The van der Waals surface area contributed by atoms with Gasteiger partial charge in [0.1, 0.15) is 0 Å². The standard InChI is InChI=1S/C20H18N4O3/c25-19-13-24(11-10-21-19)17-9-5-4-8-15(17)22-20(26)16-12-18(27-23-16)14-6-2-1-3-7-14/h1-9,12H,10-11,13H2,(H,21,25)(H,22,26). The summed E-state index contributed by atoms with van der Waals surface area (Å²) in [6.45, 7) is 1.51. The maximum absolute atomic E-state index is 12.6. The number of hydrogen-bond donors (Lipinski definition) is 2. The van der Waals surface area contributed by atoms with Crippen molar-refractivity contribution < 1.29 is 14.1 Å². The van der Waals surface area contributed by atoms with Crippen molar-refractivity contribution in [3.8, 4) is 11.3 Å². The van der Waals surface area contributed by atoms with Crippen molar-refractivity contribution in [3.63, 3.8) is 0 Å². The van der Waals surface area contributed by atoms with E-state index in [1.165, 1.54) is 0 Å². The van der Waals surface area contributed by atoms with E-state index in [2.05, 4.69) is 15.8 Å². The van der Waals surface area contributed by atoms with Gasteiger partial charge in [-0.3, -0.25) is 9.59 Å². The Morgan fingerprint density at radius 3 is 2.70 bits per heavy atom. The van der Waals surface area contributed by atoms with Gasteiger partial charge in [-0.05, 0) is 12.1 Å². The summed E-state index contributed by atoms with van der Waals surface area (Å²) in [5, 5.41) is 9.54. The number of anilines is 2. The van der Waals surface area contributed by atoms with E-state index >= 15 is 0 Å². The molecule has 3 aromatic rings. The molecule has 7 nitrogen and oxygen atoms in total. The molecule has 2 amide bonds. The van der Waals surface area contributed by atoms with E-state index in [1.54, 1.807) is 12.1 Å². The van der Waals surface area contributed by atoms with Crippen LogP contribution in [-0.4, -0.2) is 36.6 Å². The van der Waals surface area contributed by atoms with E-state index in [9.17, 15) is 9.59 Å².